The van der Waals surface area contributed by atoms with Crippen molar-refractivity contribution >= 4 is 21.9 Å². The Kier molecular flexibility index (Phi) is 3.99. The second-order valence-electron chi connectivity index (χ2n) is 6.88. The summed E-state index contributed by atoms with van der Waals surface area (Å²) in [6, 6.07) is 31.9. The third-order valence-electron chi connectivity index (χ3n) is 5.04. The molecule has 0 saturated heterocycles. The van der Waals surface area contributed by atoms with E-state index in [1.54, 1.807) is 6.07 Å². The largest absolute Gasteiger partial charge is 0.321 e. The Labute approximate surface area is 162 Å². The molecule has 0 amide bonds. The highest BCUT2D eigenvalue weighted by Gasteiger charge is 2.13. The maximum Gasteiger partial charge on any atom is 0.191 e. The average molecular weight is 362 g/mol. The standard InChI is InChI=1S/C25H18N2O/c28-24-16-23(19-11-5-2-6-12-19)27(17-18-9-3-1-4-10-18)25-21(24)15-20-13-7-8-14-22(20)26-25/h1-16H,17H2. The Balaban J connectivity index is 1.86. The van der Waals surface area contributed by atoms with Crippen LogP contribution in [0.1, 0.15) is 5.56 Å². The number of hydrogen-bond acceptors (Lipinski definition) is 2. The van der Waals surface area contributed by atoms with Crippen LogP contribution in [0.15, 0.2) is 102 Å². The number of fused-ring (bicyclic) bond motifs is 2. The summed E-state index contributed by atoms with van der Waals surface area (Å²) in [7, 11) is 0. The number of benzene rings is 3. The van der Waals surface area contributed by atoms with Gasteiger partial charge in [0, 0.05) is 18.0 Å². The molecule has 3 aromatic carbocycles. The number of para-hydroxylation sites is 1. The summed E-state index contributed by atoms with van der Waals surface area (Å²) in [4.78, 5) is 17.9. The molecule has 0 aliphatic heterocycles. The maximum atomic E-state index is 13.0. The minimum Gasteiger partial charge on any atom is -0.321 e. The smallest absolute Gasteiger partial charge is 0.191 e. The van der Waals surface area contributed by atoms with Gasteiger partial charge in [-0.05, 0) is 23.3 Å². The van der Waals surface area contributed by atoms with E-state index in [1.807, 2.05) is 78.9 Å². The Morgan fingerprint density at radius 2 is 1.43 bits per heavy atom. The lowest BCUT2D eigenvalue weighted by atomic mass is 10.1. The highest BCUT2D eigenvalue weighted by Crippen LogP contribution is 2.25. The highest BCUT2D eigenvalue weighted by atomic mass is 16.1. The monoisotopic (exact) mass is 362 g/mol. The number of pyridine rings is 2. The molecule has 0 bridgehead atoms. The summed E-state index contributed by atoms with van der Waals surface area (Å²) in [6.07, 6.45) is 0. The molecular formula is C25H18N2O. The minimum atomic E-state index is -0.00332. The highest BCUT2D eigenvalue weighted by molar-refractivity contribution is 5.92. The van der Waals surface area contributed by atoms with E-state index in [9.17, 15) is 4.79 Å². The predicted octanol–water partition coefficient (Wildman–Crippen LogP) is 5.27. The van der Waals surface area contributed by atoms with Crippen LogP contribution in [0.2, 0.25) is 0 Å². The summed E-state index contributed by atoms with van der Waals surface area (Å²) in [5, 5.41) is 1.63. The van der Waals surface area contributed by atoms with Crippen LogP contribution in [-0.4, -0.2) is 9.55 Å². The van der Waals surface area contributed by atoms with E-state index in [0.29, 0.717) is 17.6 Å². The van der Waals surface area contributed by atoms with Gasteiger partial charge in [0.1, 0.15) is 5.65 Å². The molecular weight excluding hydrogens is 344 g/mol. The van der Waals surface area contributed by atoms with Crippen molar-refractivity contribution in [1.29, 1.82) is 0 Å². The zero-order valence-electron chi connectivity index (χ0n) is 15.2. The van der Waals surface area contributed by atoms with Crippen LogP contribution < -0.4 is 5.43 Å². The summed E-state index contributed by atoms with van der Waals surface area (Å²) in [5.41, 5.74) is 4.66. The quantitative estimate of drug-likeness (QED) is 0.410. The van der Waals surface area contributed by atoms with Gasteiger partial charge in [0.05, 0.1) is 16.6 Å². The van der Waals surface area contributed by atoms with Crippen LogP contribution in [-0.2, 0) is 6.54 Å². The molecule has 0 saturated carbocycles. The third kappa shape index (κ3) is 2.87. The van der Waals surface area contributed by atoms with Gasteiger partial charge in [0.15, 0.2) is 5.43 Å². The second kappa shape index (κ2) is 6.78. The molecule has 3 nitrogen and oxygen atoms in total. The number of rotatable bonds is 3. The lowest BCUT2D eigenvalue weighted by Gasteiger charge is -2.17. The SMILES string of the molecule is O=c1cc(-c2ccccc2)n(Cc2ccccc2)c2nc3ccccc3cc12. The zero-order chi connectivity index (χ0) is 18.9. The van der Waals surface area contributed by atoms with Gasteiger partial charge in [-0.25, -0.2) is 4.98 Å². The first-order chi connectivity index (χ1) is 13.8. The van der Waals surface area contributed by atoms with Gasteiger partial charge in [-0.15, -0.1) is 0 Å². The summed E-state index contributed by atoms with van der Waals surface area (Å²) in [5.74, 6) is 0. The molecule has 0 spiro atoms. The number of nitrogens with zero attached hydrogens (tertiary/aromatic N) is 2. The summed E-state index contributed by atoms with van der Waals surface area (Å²) >= 11 is 0. The normalized spacial score (nSPS) is 11.1. The molecule has 0 aliphatic rings. The van der Waals surface area contributed by atoms with Crippen LogP contribution in [0, 0.1) is 0 Å². The van der Waals surface area contributed by atoms with Crippen LogP contribution in [0.25, 0.3) is 33.2 Å². The van der Waals surface area contributed by atoms with Crippen LogP contribution in [0.3, 0.4) is 0 Å². The van der Waals surface area contributed by atoms with Gasteiger partial charge in [0.2, 0.25) is 0 Å². The van der Waals surface area contributed by atoms with Gasteiger partial charge in [0.25, 0.3) is 0 Å². The number of aromatic nitrogens is 2. The Morgan fingerprint density at radius 1 is 0.750 bits per heavy atom. The average Bonchev–Trinajstić information content (AvgIpc) is 2.76. The molecule has 2 heterocycles. The molecule has 5 aromatic rings. The van der Waals surface area contributed by atoms with Crippen molar-refractivity contribution in [3.8, 4) is 11.3 Å². The molecule has 2 aromatic heterocycles. The molecule has 0 radical (unpaired) electrons. The van der Waals surface area contributed by atoms with Crippen LogP contribution in [0.5, 0.6) is 0 Å². The van der Waals surface area contributed by atoms with Crippen molar-refractivity contribution in [2.45, 2.75) is 6.54 Å². The van der Waals surface area contributed by atoms with E-state index >= 15 is 0 Å². The molecule has 0 N–H and O–H groups in total. The predicted molar refractivity (Wildman–Crippen MR) is 114 cm³/mol. The molecule has 5 rings (SSSR count). The fraction of sp³-hybridized carbons (Fsp3) is 0.0400. The summed E-state index contributed by atoms with van der Waals surface area (Å²) in [6.45, 7) is 0.646. The van der Waals surface area contributed by atoms with Crippen molar-refractivity contribution in [3.05, 3.63) is 113 Å². The zero-order valence-corrected chi connectivity index (χ0v) is 15.2. The van der Waals surface area contributed by atoms with E-state index < -0.39 is 0 Å². The first-order valence-corrected chi connectivity index (χ1v) is 9.32. The summed E-state index contributed by atoms with van der Waals surface area (Å²) < 4.78 is 2.15. The van der Waals surface area contributed by atoms with Crippen molar-refractivity contribution in [2.75, 3.05) is 0 Å². The van der Waals surface area contributed by atoms with Crippen molar-refractivity contribution in [2.24, 2.45) is 0 Å². The van der Waals surface area contributed by atoms with Gasteiger partial charge in [-0.3, -0.25) is 4.79 Å². The molecule has 0 atom stereocenters. The fourth-order valence-electron chi connectivity index (χ4n) is 3.66. The van der Waals surface area contributed by atoms with Gasteiger partial charge >= 0.3 is 0 Å². The fourth-order valence-corrected chi connectivity index (χ4v) is 3.66. The Morgan fingerprint density at radius 3 is 2.21 bits per heavy atom. The Hall–Kier alpha value is -3.72. The minimum absolute atomic E-state index is 0.00332. The molecule has 134 valence electrons. The van der Waals surface area contributed by atoms with E-state index in [-0.39, 0.29) is 5.43 Å². The molecule has 28 heavy (non-hydrogen) atoms. The van der Waals surface area contributed by atoms with E-state index in [0.717, 1.165) is 22.2 Å². The molecule has 0 aliphatic carbocycles. The molecule has 0 fully saturated rings. The molecule has 0 unspecified atom stereocenters. The van der Waals surface area contributed by atoms with E-state index in [4.69, 9.17) is 4.98 Å². The third-order valence-corrected chi connectivity index (χ3v) is 5.04. The second-order valence-corrected chi connectivity index (χ2v) is 6.88. The topological polar surface area (TPSA) is 34.9 Å². The maximum absolute atomic E-state index is 13.0. The van der Waals surface area contributed by atoms with Crippen LogP contribution >= 0.6 is 0 Å². The van der Waals surface area contributed by atoms with Crippen molar-refractivity contribution in [1.82, 2.24) is 9.55 Å². The first kappa shape index (κ1) is 16.5. The van der Waals surface area contributed by atoms with Crippen LogP contribution in [0.4, 0.5) is 0 Å². The van der Waals surface area contributed by atoms with E-state index in [1.165, 1.54) is 5.56 Å². The van der Waals surface area contributed by atoms with E-state index in [2.05, 4.69) is 16.7 Å². The molecule has 3 heteroatoms. The van der Waals surface area contributed by atoms with Crippen molar-refractivity contribution < 1.29 is 0 Å². The first-order valence-electron chi connectivity index (χ1n) is 9.32. The lowest BCUT2D eigenvalue weighted by Crippen LogP contribution is -2.14. The van der Waals surface area contributed by atoms with Gasteiger partial charge in [-0.1, -0.05) is 78.9 Å². The lowest BCUT2D eigenvalue weighted by molar-refractivity contribution is 0.824. The number of hydrogen-bond donors (Lipinski definition) is 0. The van der Waals surface area contributed by atoms with Gasteiger partial charge in [-0.2, -0.15) is 0 Å². The van der Waals surface area contributed by atoms with Crippen molar-refractivity contribution in [3.63, 3.8) is 0 Å². The Bertz CT molecular complexity index is 1340. The van der Waals surface area contributed by atoms with Gasteiger partial charge < -0.3 is 4.57 Å².